The van der Waals surface area contributed by atoms with Crippen LogP contribution in [-0.2, 0) is 5.41 Å². The Morgan fingerprint density at radius 2 is 1.10 bits per heavy atom. The van der Waals surface area contributed by atoms with Gasteiger partial charge >= 0.3 is 0 Å². The molecule has 0 N–H and O–H groups in total. The molecule has 1 aliphatic carbocycles. The first-order valence-electron chi connectivity index (χ1n) is 20.9. The highest BCUT2D eigenvalue weighted by atomic mass is 15.1. The molecule has 0 saturated heterocycles. The summed E-state index contributed by atoms with van der Waals surface area (Å²) in [6.07, 6.45) is 6.85. The lowest BCUT2D eigenvalue weighted by molar-refractivity contribution is 0.660. The second-order valence-corrected chi connectivity index (χ2v) is 16.6. The summed E-state index contributed by atoms with van der Waals surface area (Å²) >= 11 is 0. The minimum atomic E-state index is -0.0339. The van der Waals surface area contributed by atoms with Crippen LogP contribution in [0.25, 0.3) is 72.0 Å². The predicted octanol–water partition coefficient (Wildman–Crippen LogP) is 15.2. The molecule has 2 aliphatic rings. The number of para-hydroxylation sites is 2. The number of hydrogen-bond donors (Lipinski definition) is 0. The van der Waals surface area contributed by atoms with Crippen LogP contribution in [0.3, 0.4) is 0 Å². The molecule has 2 heteroatoms. The maximum absolute atomic E-state index is 4.69. The van der Waals surface area contributed by atoms with Gasteiger partial charge in [0.2, 0.25) is 0 Å². The molecule has 2 nitrogen and oxygen atoms in total. The Kier molecular flexibility index (Phi) is 8.42. The van der Waals surface area contributed by atoms with E-state index in [-0.39, 0.29) is 5.41 Å². The number of anilines is 2. The molecule has 0 saturated carbocycles. The molecule has 286 valence electrons. The van der Waals surface area contributed by atoms with Crippen LogP contribution in [0.1, 0.15) is 36.1 Å². The Morgan fingerprint density at radius 1 is 0.467 bits per heavy atom. The number of rotatable bonds is 5. The largest absolute Gasteiger partial charge is 0.337 e. The summed E-state index contributed by atoms with van der Waals surface area (Å²) in [7, 11) is 0. The Bertz CT molecular complexity index is 3150. The highest BCUT2D eigenvalue weighted by Crippen LogP contribution is 2.50. The van der Waals surface area contributed by atoms with Gasteiger partial charge in [-0.25, -0.2) is 0 Å². The van der Waals surface area contributed by atoms with Crippen LogP contribution >= 0.6 is 0 Å². The van der Waals surface area contributed by atoms with Crippen molar-refractivity contribution in [3.05, 3.63) is 235 Å². The third-order valence-electron chi connectivity index (χ3n) is 12.7. The van der Waals surface area contributed by atoms with Gasteiger partial charge in [-0.1, -0.05) is 166 Å². The van der Waals surface area contributed by atoms with E-state index in [2.05, 4.69) is 230 Å². The molecule has 8 aromatic carbocycles. The van der Waals surface area contributed by atoms with E-state index in [0.717, 1.165) is 33.6 Å². The molecule has 0 amide bonds. The van der Waals surface area contributed by atoms with Gasteiger partial charge in [0.25, 0.3) is 0 Å². The van der Waals surface area contributed by atoms with Gasteiger partial charge in [0.1, 0.15) is 0 Å². The lowest BCUT2D eigenvalue weighted by Crippen LogP contribution is -2.19. The van der Waals surface area contributed by atoms with Gasteiger partial charge in [-0.15, -0.1) is 0 Å². The average molecular weight is 769 g/mol. The number of allylic oxidation sites excluding steroid dienone is 4. The first-order valence-corrected chi connectivity index (χ1v) is 20.9. The van der Waals surface area contributed by atoms with Crippen LogP contribution in [0.15, 0.2) is 213 Å². The maximum atomic E-state index is 4.69. The van der Waals surface area contributed by atoms with E-state index in [4.69, 9.17) is 6.58 Å². The molecule has 2 heterocycles. The van der Waals surface area contributed by atoms with Crippen LogP contribution < -0.4 is 4.90 Å². The molecule has 9 aromatic rings. The van der Waals surface area contributed by atoms with Crippen molar-refractivity contribution in [2.45, 2.75) is 19.3 Å². The minimum absolute atomic E-state index is 0.0339. The zero-order valence-electron chi connectivity index (χ0n) is 33.9. The number of nitrogens with zero attached hydrogens (tertiary/aromatic N) is 2. The van der Waals surface area contributed by atoms with Gasteiger partial charge in [-0.05, 0) is 122 Å². The summed E-state index contributed by atoms with van der Waals surface area (Å²) in [5.41, 5.74) is 20.4. The predicted molar refractivity (Wildman–Crippen MR) is 255 cm³/mol. The normalized spacial score (nSPS) is 15.7. The smallest absolute Gasteiger partial charge is 0.0541 e. The molecule has 1 aliphatic heterocycles. The van der Waals surface area contributed by atoms with E-state index in [0.29, 0.717) is 6.54 Å². The van der Waals surface area contributed by atoms with E-state index >= 15 is 0 Å². The van der Waals surface area contributed by atoms with Crippen molar-refractivity contribution >= 4 is 44.3 Å². The van der Waals surface area contributed by atoms with Crippen LogP contribution in [0.2, 0.25) is 0 Å². The van der Waals surface area contributed by atoms with Crippen LogP contribution in [0, 0.1) is 0 Å². The van der Waals surface area contributed by atoms with E-state index in [1.807, 2.05) is 0 Å². The number of aromatic nitrogens is 1. The van der Waals surface area contributed by atoms with Crippen LogP contribution in [0.5, 0.6) is 0 Å². The lowest BCUT2D eigenvalue weighted by Gasteiger charge is -2.27. The first-order chi connectivity index (χ1) is 29.4. The number of fused-ring (bicyclic) bond motifs is 7. The molecule has 0 atom stereocenters. The van der Waals surface area contributed by atoms with Crippen molar-refractivity contribution in [2.24, 2.45) is 0 Å². The third kappa shape index (κ3) is 5.87. The van der Waals surface area contributed by atoms with Crippen molar-refractivity contribution in [2.75, 3.05) is 11.4 Å². The summed E-state index contributed by atoms with van der Waals surface area (Å²) in [5.74, 6) is 0. The third-order valence-corrected chi connectivity index (χ3v) is 12.7. The first kappa shape index (κ1) is 35.7. The highest BCUT2D eigenvalue weighted by molar-refractivity contribution is 6.10. The fraction of sp³-hybridized carbons (Fsp3) is 0.0690. The second kappa shape index (κ2) is 14.1. The molecule has 11 rings (SSSR count). The summed E-state index contributed by atoms with van der Waals surface area (Å²) in [5, 5.41) is 2.45. The number of benzene rings is 8. The molecular weight excluding hydrogens is 725 g/mol. The summed E-state index contributed by atoms with van der Waals surface area (Å²) in [4.78, 5) is 2.44. The second-order valence-electron chi connectivity index (χ2n) is 16.6. The van der Waals surface area contributed by atoms with E-state index in [1.54, 1.807) is 0 Å². The quantitative estimate of drug-likeness (QED) is 0.169. The summed E-state index contributed by atoms with van der Waals surface area (Å²) in [6, 6.07) is 68.8. The van der Waals surface area contributed by atoms with Gasteiger partial charge in [-0.3, -0.25) is 0 Å². The fourth-order valence-electron chi connectivity index (χ4n) is 9.74. The highest BCUT2D eigenvalue weighted by Gasteiger charge is 2.35. The number of hydrogen-bond acceptors (Lipinski definition) is 1. The Labute approximate surface area is 352 Å². The van der Waals surface area contributed by atoms with Crippen molar-refractivity contribution in [1.82, 2.24) is 4.57 Å². The van der Waals surface area contributed by atoms with Crippen molar-refractivity contribution < 1.29 is 0 Å². The lowest BCUT2D eigenvalue weighted by atomic mass is 9.82. The van der Waals surface area contributed by atoms with Crippen molar-refractivity contribution in [3.63, 3.8) is 0 Å². The molecule has 0 spiro atoms. The van der Waals surface area contributed by atoms with Gasteiger partial charge in [0.15, 0.2) is 0 Å². The van der Waals surface area contributed by atoms with E-state index in [1.165, 1.54) is 72.0 Å². The topological polar surface area (TPSA) is 8.17 Å². The molecule has 0 bridgehead atoms. The Balaban J connectivity index is 1.02. The zero-order valence-corrected chi connectivity index (χ0v) is 33.9. The standard InChI is InChI=1S/C58H44N2/c1-39-33-42(21-16-32-59(55-26-14-11-22-48(39)55)46-29-30-54-51(38-46)49-23-10-13-25-53(49)58(54,2)3)43-28-31-57-52(37-43)50-24-12-15-27-56(50)60(57)47-35-44(40-17-6-4-7-18-40)34-45(36-47)41-19-8-5-9-20-41/h4-31,33-38H,1,32H2,2-3H3/b21-16-,42-33+. The monoisotopic (exact) mass is 768 g/mol. The maximum Gasteiger partial charge on any atom is 0.0541 e. The SMILES string of the molecule is C=C1/C=C(c2ccc3c(c2)c2ccccc2n3-c2cc(-c3ccccc3)cc(-c3ccccc3)c2)\C=C/CN(c2ccc3c(c2)-c2ccccc2C3(C)C)c2ccccc21. The van der Waals surface area contributed by atoms with Gasteiger partial charge in [0.05, 0.1) is 11.0 Å². The molecule has 0 radical (unpaired) electrons. The molecule has 0 unspecified atom stereocenters. The molecule has 0 fully saturated rings. The average Bonchev–Trinajstić information content (AvgIpc) is 3.77. The molecule has 1 aromatic heterocycles. The van der Waals surface area contributed by atoms with Crippen LogP contribution in [0.4, 0.5) is 11.4 Å². The molecule has 60 heavy (non-hydrogen) atoms. The van der Waals surface area contributed by atoms with Crippen molar-refractivity contribution in [1.29, 1.82) is 0 Å². The Hall–Kier alpha value is -7.42. The van der Waals surface area contributed by atoms with Gasteiger partial charge in [-0.2, -0.15) is 0 Å². The van der Waals surface area contributed by atoms with Gasteiger partial charge in [0, 0.05) is 45.4 Å². The fourth-order valence-corrected chi connectivity index (χ4v) is 9.74. The summed E-state index contributed by atoms with van der Waals surface area (Å²) < 4.78 is 2.43. The van der Waals surface area contributed by atoms with E-state index < -0.39 is 0 Å². The summed E-state index contributed by atoms with van der Waals surface area (Å²) in [6.45, 7) is 10.1. The van der Waals surface area contributed by atoms with E-state index in [9.17, 15) is 0 Å². The van der Waals surface area contributed by atoms with Crippen molar-refractivity contribution in [3.8, 4) is 39.1 Å². The molecular formula is C58H44N2. The zero-order chi connectivity index (χ0) is 40.4. The van der Waals surface area contributed by atoms with Crippen LogP contribution in [-0.4, -0.2) is 11.1 Å². The Morgan fingerprint density at radius 3 is 1.87 bits per heavy atom. The minimum Gasteiger partial charge on any atom is -0.337 e. The van der Waals surface area contributed by atoms with Gasteiger partial charge < -0.3 is 9.47 Å².